The first-order chi connectivity index (χ1) is 9.05. The van der Waals surface area contributed by atoms with Crippen LogP contribution >= 0.6 is 11.3 Å². The number of carbonyl (C=O) groups excluding carboxylic acids is 1. The fourth-order valence-electron chi connectivity index (χ4n) is 2.14. The molecule has 2 heterocycles. The van der Waals surface area contributed by atoms with Gasteiger partial charge in [0.25, 0.3) is 10.0 Å². The summed E-state index contributed by atoms with van der Waals surface area (Å²) in [7, 11) is -3.38. The second-order valence-corrected chi connectivity index (χ2v) is 7.54. The maximum Gasteiger partial charge on any atom is 0.252 e. The molecule has 2 rings (SSSR count). The first kappa shape index (κ1) is 14.5. The number of sulfonamides is 1. The van der Waals surface area contributed by atoms with Crippen LogP contribution < -0.4 is 0 Å². The van der Waals surface area contributed by atoms with Gasteiger partial charge in [0, 0.05) is 32.6 Å². The van der Waals surface area contributed by atoms with Gasteiger partial charge in [-0.15, -0.1) is 11.3 Å². The number of hydrogen-bond acceptors (Lipinski definition) is 4. The fraction of sp³-hybridized carbons (Fsp3) is 0.583. The zero-order valence-corrected chi connectivity index (χ0v) is 12.5. The molecule has 1 aliphatic rings. The van der Waals surface area contributed by atoms with Gasteiger partial charge >= 0.3 is 0 Å². The maximum atomic E-state index is 12.4. The predicted octanol–water partition coefficient (Wildman–Crippen LogP) is 1.38. The van der Waals surface area contributed by atoms with Crippen molar-refractivity contribution >= 4 is 27.3 Å². The molecule has 0 N–H and O–H groups in total. The van der Waals surface area contributed by atoms with Crippen LogP contribution in [0.5, 0.6) is 0 Å². The molecule has 0 spiro atoms. The smallest absolute Gasteiger partial charge is 0.252 e. The SMILES string of the molecule is CCC(=O)N1CCCN(S(=O)(=O)c2cccs2)CC1. The molecule has 1 fully saturated rings. The lowest BCUT2D eigenvalue weighted by molar-refractivity contribution is -0.130. The zero-order valence-electron chi connectivity index (χ0n) is 10.9. The molecule has 1 saturated heterocycles. The molecule has 1 aliphatic heterocycles. The van der Waals surface area contributed by atoms with E-state index in [0.29, 0.717) is 43.2 Å². The second-order valence-electron chi connectivity index (χ2n) is 4.42. The van der Waals surface area contributed by atoms with Crippen molar-refractivity contribution < 1.29 is 13.2 Å². The van der Waals surface area contributed by atoms with Crippen LogP contribution in [0.4, 0.5) is 0 Å². The third kappa shape index (κ3) is 3.16. The van der Waals surface area contributed by atoms with E-state index >= 15 is 0 Å². The van der Waals surface area contributed by atoms with E-state index in [0.717, 1.165) is 0 Å². The first-order valence-corrected chi connectivity index (χ1v) is 8.69. The standard InChI is InChI=1S/C12H18N2O3S2/c1-2-11(15)13-6-4-7-14(9-8-13)19(16,17)12-5-3-10-18-12/h3,5,10H,2,4,6-9H2,1H3. The molecule has 0 aromatic carbocycles. The van der Waals surface area contributed by atoms with Crippen molar-refractivity contribution in [3.8, 4) is 0 Å². The molecule has 0 aliphatic carbocycles. The normalized spacial score (nSPS) is 18.3. The highest BCUT2D eigenvalue weighted by Crippen LogP contribution is 2.22. The molecule has 0 radical (unpaired) electrons. The number of carbonyl (C=O) groups is 1. The molecule has 0 unspecified atom stereocenters. The summed E-state index contributed by atoms with van der Waals surface area (Å²) >= 11 is 1.23. The lowest BCUT2D eigenvalue weighted by Gasteiger charge is -2.21. The van der Waals surface area contributed by atoms with Gasteiger partial charge in [0.15, 0.2) is 0 Å². The minimum atomic E-state index is -3.38. The van der Waals surface area contributed by atoms with Crippen LogP contribution in [-0.2, 0) is 14.8 Å². The topological polar surface area (TPSA) is 57.7 Å². The average Bonchev–Trinajstić information content (AvgIpc) is 2.83. The van der Waals surface area contributed by atoms with E-state index in [2.05, 4.69) is 0 Å². The zero-order chi connectivity index (χ0) is 13.9. The van der Waals surface area contributed by atoms with Gasteiger partial charge in [0.05, 0.1) is 0 Å². The minimum absolute atomic E-state index is 0.0929. The number of nitrogens with zero attached hydrogens (tertiary/aromatic N) is 2. The highest BCUT2D eigenvalue weighted by molar-refractivity contribution is 7.91. The summed E-state index contributed by atoms with van der Waals surface area (Å²) in [5.74, 6) is 0.0929. The van der Waals surface area contributed by atoms with E-state index in [-0.39, 0.29) is 5.91 Å². The number of hydrogen-bond donors (Lipinski definition) is 0. The van der Waals surface area contributed by atoms with E-state index in [1.807, 2.05) is 6.92 Å². The van der Waals surface area contributed by atoms with Crippen LogP contribution in [0, 0.1) is 0 Å². The monoisotopic (exact) mass is 302 g/mol. The molecule has 7 heteroatoms. The summed E-state index contributed by atoms with van der Waals surface area (Å²) in [6.07, 6.45) is 1.16. The second kappa shape index (κ2) is 6.02. The van der Waals surface area contributed by atoms with Crippen LogP contribution in [0.25, 0.3) is 0 Å². The van der Waals surface area contributed by atoms with Gasteiger partial charge in [-0.25, -0.2) is 8.42 Å². The van der Waals surface area contributed by atoms with Crippen molar-refractivity contribution in [1.82, 2.24) is 9.21 Å². The molecule has 5 nitrogen and oxygen atoms in total. The number of thiophene rings is 1. The Morgan fingerprint density at radius 2 is 2.11 bits per heavy atom. The lowest BCUT2D eigenvalue weighted by Crippen LogP contribution is -2.36. The molecule has 1 amide bonds. The van der Waals surface area contributed by atoms with Gasteiger partial charge in [0.1, 0.15) is 4.21 Å². The molecular formula is C12H18N2O3S2. The largest absolute Gasteiger partial charge is 0.341 e. The molecule has 0 saturated carbocycles. The summed E-state index contributed by atoms with van der Waals surface area (Å²) in [5, 5.41) is 1.76. The van der Waals surface area contributed by atoms with Gasteiger partial charge in [-0.2, -0.15) is 4.31 Å². The van der Waals surface area contributed by atoms with Crippen molar-refractivity contribution in [3.63, 3.8) is 0 Å². The van der Waals surface area contributed by atoms with Crippen LogP contribution in [0.3, 0.4) is 0 Å². The van der Waals surface area contributed by atoms with Crippen molar-refractivity contribution in [2.75, 3.05) is 26.2 Å². The van der Waals surface area contributed by atoms with E-state index < -0.39 is 10.0 Å². The molecular weight excluding hydrogens is 284 g/mol. The van der Waals surface area contributed by atoms with Gasteiger partial charge < -0.3 is 4.90 Å². The van der Waals surface area contributed by atoms with Gasteiger partial charge in [-0.3, -0.25) is 4.79 Å². The molecule has 106 valence electrons. The summed E-state index contributed by atoms with van der Waals surface area (Å²) in [6, 6.07) is 3.36. The summed E-state index contributed by atoms with van der Waals surface area (Å²) in [4.78, 5) is 13.4. The Labute approximate surface area is 117 Å². The lowest BCUT2D eigenvalue weighted by atomic mass is 10.3. The Morgan fingerprint density at radius 1 is 1.32 bits per heavy atom. The highest BCUT2D eigenvalue weighted by atomic mass is 32.2. The Balaban J connectivity index is 2.10. The van der Waals surface area contributed by atoms with Gasteiger partial charge in [0.2, 0.25) is 5.91 Å². The van der Waals surface area contributed by atoms with Crippen LogP contribution in [0.15, 0.2) is 21.7 Å². The van der Waals surface area contributed by atoms with Crippen LogP contribution in [0.1, 0.15) is 19.8 Å². The Morgan fingerprint density at radius 3 is 2.74 bits per heavy atom. The Kier molecular flexibility index (Phi) is 4.59. The van der Waals surface area contributed by atoms with E-state index in [4.69, 9.17) is 0 Å². The predicted molar refractivity (Wildman–Crippen MR) is 74.6 cm³/mol. The van der Waals surface area contributed by atoms with Gasteiger partial charge in [-0.05, 0) is 17.9 Å². The third-order valence-corrected chi connectivity index (χ3v) is 6.47. The van der Waals surface area contributed by atoms with Crippen molar-refractivity contribution in [1.29, 1.82) is 0 Å². The van der Waals surface area contributed by atoms with Crippen LogP contribution in [0.2, 0.25) is 0 Å². The van der Waals surface area contributed by atoms with Crippen molar-refractivity contribution in [3.05, 3.63) is 17.5 Å². The Hall–Kier alpha value is -0.920. The third-order valence-electron chi connectivity index (χ3n) is 3.20. The molecule has 19 heavy (non-hydrogen) atoms. The van der Waals surface area contributed by atoms with E-state index in [1.165, 1.54) is 15.6 Å². The van der Waals surface area contributed by atoms with E-state index in [9.17, 15) is 13.2 Å². The fourth-order valence-corrected chi connectivity index (χ4v) is 4.76. The highest BCUT2D eigenvalue weighted by Gasteiger charge is 2.28. The number of amides is 1. The minimum Gasteiger partial charge on any atom is -0.341 e. The number of rotatable bonds is 3. The first-order valence-electron chi connectivity index (χ1n) is 6.37. The molecule has 1 aromatic rings. The molecule has 0 bridgehead atoms. The van der Waals surface area contributed by atoms with Gasteiger partial charge in [-0.1, -0.05) is 13.0 Å². The quantitative estimate of drug-likeness (QED) is 0.847. The summed E-state index contributed by atoms with van der Waals surface area (Å²) in [5.41, 5.74) is 0. The van der Waals surface area contributed by atoms with Crippen LogP contribution in [-0.4, -0.2) is 49.7 Å². The van der Waals surface area contributed by atoms with E-state index in [1.54, 1.807) is 22.4 Å². The molecule has 1 aromatic heterocycles. The average molecular weight is 302 g/mol. The Bertz CT molecular complexity index is 525. The van der Waals surface area contributed by atoms with Crippen molar-refractivity contribution in [2.24, 2.45) is 0 Å². The van der Waals surface area contributed by atoms with Crippen molar-refractivity contribution in [2.45, 2.75) is 24.0 Å². The maximum absolute atomic E-state index is 12.4. The molecule has 0 atom stereocenters. The summed E-state index contributed by atoms with van der Waals surface area (Å²) < 4.78 is 26.6. The summed E-state index contributed by atoms with van der Waals surface area (Å²) in [6.45, 7) is 3.81.